The molecule has 0 saturated carbocycles. The number of carbonyl (C=O) groups is 2. The lowest BCUT2D eigenvalue weighted by atomic mass is 9.94. The molecule has 0 spiro atoms. The summed E-state index contributed by atoms with van der Waals surface area (Å²) in [6.07, 6.45) is 5.23. The Morgan fingerprint density at radius 3 is 2.48 bits per heavy atom. The van der Waals surface area contributed by atoms with Gasteiger partial charge in [-0.25, -0.2) is 0 Å². The second-order valence-electron chi connectivity index (χ2n) is 7.36. The van der Waals surface area contributed by atoms with Crippen LogP contribution >= 0.6 is 0 Å². The molecule has 0 aromatic heterocycles. The van der Waals surface area contributed by atoms with Crippen molar-refractivity contribution in [3.05, 3.63) is 35.4 Å². The van der Waals surface area contributed by atoms with Gasteiger partial charge in [0.25, 0.3) is 0 Å². The van der Waals surface area contributed by atoms with Crippen molar-refractivity contribution in [3.8, 4) is 0 Å². The van der Waals surface area contributed by atoms with E-state index in [0.717, 1.165) is 76.0 Å². The van der Waals surface area contributed by atoms with Gasteiger partial charge < -0.3 is 10.0 Å². The number of aliphatic carboxylic acids is 1. The summed E-state index contributed by atoms with van der Waals surface area (Å²) in [5, 5.41) is 9.06. The van der Waals surface area contributed by atoms with Crippen LogP contribution in [0.1, 0.15) is 43.2 Å². The smallest absolute Gasteiger partial charge is 0.307 e. The molecular formula is C20H28N2O3. The van der Waals surface area contributed by atoms with Gasteiger partial charge in [0.2, 0.25) is 5.91 Å². The molecule has 1 amide bonds. The number of benzene rings is 1. The number of amides is 1. The highest BCUT2D eigenvalue weighted by Gasteiger charge is 2.25. The molecule has 1 N–H and O–H groups in total. The van der Waals surface area contributed by atoms with E-state index in [-0.39, 0.29) is 6.42 Å². The molecule has 2 aliphatic rings. The van der Waals surface area contributed by atoms with E-state index in [2.05, 4.69) is 9.80 Å². The van der Waals surface area contributed by atoms with Crippen molar-refractivity contribution in [2.24, 2.45) is 5.92 Å². The van der Waals surface area contributed by atoms with Crippen molar-refractivity contribution in [1.82, 2.24) is 9.80 Å². The number of hydrogen-bond donors (Lipinski definition) is 1. The molecule has 2 heterocycles. The zero-order chi connectivity index (χ0) is 17.6. The number of hydrogen-bond acceptors (Lipinski definition) is 3. The van der Waals surface area contributed by atoms with Gasteiger partial charge in [-0.15, -0.1) is 0 Å². The van der Waals surface area contributed by atoms with E-state index in [1.54, 1.807) is 0 Å². The average Bonchev–Trinajstić information content (AvgIpc) is 2.60. The normalized spacial score (nSPS) is 20.0. The van der Waals surface area contributed by atoms with E-state index >= 15 is 0 Å². The van der Waals surface area contributed by atoms with Crippen molar-refractivity contribution in [1.29, 1.82) is 0 Å². The van der Waals surface area contributed by atoms with Crippen LogP contribution in [-0.2, 0) is 22.6 Å². The van der Waals surface area contributed by atoms with Crippen molar-refractivity contribution in [3.63, 3.8) is 0 Å². The number of carboxylic acid groups (broad SMARTS) is 1. The lowest BCUT2D eigenvalue weighted by Gasteiger charge is -2.36. The Balaban J connectivity index is 1.49. The lowest BCUT2D eigenvalue weighted by Crippen LogP contribution is -2.42. The maximum absolute atomic E-state index is 12.0. The zero-order valence-corrected chi connectivity index (χ0v) is 14.8. The fraction of sp³-hybridized carbons (Fsp3) is 0.600. The van der Waals surface area contributed by atoms with Crippen molar-refractivity contribution < 1.29 is 14.7 Å². The van der Waals surface area contributed by atoms with E-state index in [1.807, 2.05) is 24.3 Å². The first kappa shape index (κ1) is 17.9. The molecule has 2 saturated heterocycles. The molecule has 0 radical (unpaired) electrons. The quantitative estimate of drug-likeness (QED) is 0.861. The monoisotopic (exact) mass is 344 g/mol. The molecule has 2 aliphatic heterocycles. The Kier molecular flexibility index (Phi) is 6.08. The van der Waals surface area contributed by atoms with E-state index in [0.29, 0.717) is 11.8 Å². The van der Waals surface area contributed by atoms with E-state index in [1.165, 1.54) is 0 Å². The summed E-state index contributed by atoms with van der Waals surface area (Å²) in [4.78, 5) is 27.5. The molecule has 0 aliphatic carbocycles. The molecule has 25 heavy (non-hydrogen) atoms. The minimum Gasteiger partial charge on any atom is -0.481 e. The zero-order valence-electron chi connectivity index (χ0n) is 14.8. The van der Waals surface area contributed by atoms with Crippen LogP contribution in [0.15, 0.2) is 24.3 Å². The van der Waals surface area contributed by atoms with Crippen LogP contribution in [0.4, 0.5) is 0 Å². The number of likely N-dealkylation sites (tertiary alicyclic amines) is 2. The lowest BCUT2D eigenvalue weighted by molar-refractivity contribution is -0.136. The van der Waals surface area contributed by atoms with Gasteiger partial charge in [-0.2, -0.15) is 0 Å². The molecule has 1 aromatic carbocycles. The van der Waals surface area contributed by atoms with Crippen LogP contribution in [0.3, 0.4) is 0 Å². The summed E-state index contributed by atoms with van der Waals surface area (Å²) in [6.45, 7) is 4.71. The van der Waals surface area contributed by atoms with E-state index in [9.17, 15) is 9.59 Å². The number of nitrogens with zero attached hydrogens (tertiary/aromatic N) is 2. The summed E-state index contributed by atoms with van der Waals surface area (Å²) in [7, 11) is 0. The highest BCUT2D eigenvalue weighted by molar-refractivity contribution is 5.76. The number of carbonyl (C=O) groups excluding carboxylic acids is 1. The fourth-order valence-corrected chi connectivity index (χ4v) is 3.98. The van der Waals surface area contributed by atoms with Crippen LogP contribution < -0.4 is 0 Å². The first-order valence-electron chi connectivity index (χ1n) is 9.40. The SMILES string of the molecule is O=C(O)Cc1ccccc1CN1CCC(CN2CCCCC2=O)CC1. The van der Waals surface area contributed by atoms with Crippen molar-refractivity contribution in [2.45, 2.75) is 45.1 Å². The summed E-state index contributed by atoms with van der Waals surface area (Å²) in [6, 6.07) is 7.84. The van der Waals surface area contributed by atoms with Crippen molar-refractivity contribution in [2.75, 3.05) is 26.2 Å². The molecule has 3 rings (SSSR count). The van der Waals surface area contributed by atoms with Gasteiger partial charge in [0.1, 0.15) is 0 Å². The van der Waals surface area contributed by atoms with Crippen molar-refractivity contribution >= 4 is 11.9 Å². The van der Waals surface area contributed by atoms with E-state index in [4.69, 9.17) is 5.11 Å². The van der Waals surface area contributed by atoms with Gasteiger partial charge in [-0.05, 0) is 55.8 Å². The first-order chi connectivity index (χ1) is 12.1. The maximum Gasteiger partial charge on any atom is 0.307 e. The van der Waals surface area contributed by atoms with Crippen LogP contribution in [0.2, 0.25) is 0 Å². The molecule has 136 valence electrons. The Morgan fingerprint density at radius 1 is 1.08 bits per heavy atom. The minimum absolute atomic E-state index is 0.0870. The summed E-state index contributed by atoms with van der Waals surface area (Å²) in [5.41, 5.74) is 2.03. The minimum atomic E-state index is -0.780. The molecule has 5 nitrogen and oxygen atoms in total. The van der Waals surface area contributed by atoms with Crippen LogP contribution in [0.5, 0.6) is 0 Å². The Hall–Kier alpha value is -1.88. The highest BCUT2D eigenvalue weighted by Crippen LogP contribution is 2.23. The number of piperidine rings is 2. The molecule has 1 aromatic rings. The standard InChI is InChI=1S/C20H28N2O3/c23-19-7-3-4-10-22(19)14-16-8-11-21(12-9-16)15-18-6-2-1-5-17(18)13-20(24)25/h1-2,5-6,16H,3-4,7-15H2,(H,24,25). The maximum atomic E-state index is 12.0. The average molecular weight is 344 g/mol. The third kappa shape index (κ3) is 5.05. The predicted octanol–water partition coefficient (Wildman–Crippen LogP) is 2.54. The molecule has 0 bridgehead atoms. The van der Waals surface area contributed by atoms with Gasteiger partial charge in [0.05, 0.1) is 6.42 Å². The predicted molar refractivity (Wildman–Crippen MR) is 96.2 cm³/mol. The molecule has 5 heteroatoms. The van der Waals surface area contributed by atoms with E-state index < -0.39 is 5.97 Å². The Labute approximate surface area is 149 Å². The Bertz CT molecular complexity index is 609. The molecule has 0 atom stereocenters. The van der Waals surface area contributed by atoms with Gasteiger partial charge in [-0.3, -0.25) is 14.5 Å². The summed E-state index contributed by atoms with van der Waals surface area (Å²) >= 11 is 0. The Morgan fingerprint density at radius 2 is 1.80 bits per heavy atom. The van der Waals surface area contributed by atoms with Crippen LogP contribution in [0, 0.1) is 5.92 Å². The molecule has 0 unspecified atom stereocenters. The van der Waals surface area contributed by atoms with Gasteiger partial charge in [0, 0.05) is 26.1 Å². The number of rotatable bonds is 6. The van der Waals surface area contributed by atoms with Crippen LogP contribution in [0.25, 0.3) is 0 Å². The second-order valence-corrected chi connectivity index (χ2v) is 7.36. The third-order valence-electron chi connectivity index (χ3n) is 5.46. The first-order valence-corrected chi connectivity index (χ1v) is 9.40. The third-order valence-corrected chi connectivity index (χ3v) is 5.46. The van der Waals surface area contributed by atoms with Gasteiger partial charge in [-0.1, -0.05) is 24.3 Å². The highest BCUT2D eigenvalue weighted by atomic mass is 16.4. The van der Waals surface area contributed by atoms with Crippen LogP contribution in [-0.4, -0.2) is 53.0 Å². The van der Waals surface area contributed by atoms with Gasteiger partial charge in [0.15, 0.2) is 0 Å². The number of carboxylic acids is 1. The summed E-state index contributed by atoms with van der Waals surface area (Å²) in [5.74, 6) is 0.154. The second kappa shape index (κ2) is 8.48. The molecule has 2 fully saturated rings. The van der Waals surface area contributed by atoms with Gasteiger partial charge >= 0.3 is 5.97 Å². The summed E-state index contributed by atoms with van der Waals surface area (Å²) < 4.78 is 0. The topological polar surface area (TPSA) is 60.9 Å². The largest absolute Gasteiger partial charge is 0.481 e. The fourth-order valence-electron chi connectivity index (χ4n) is 3.98. The molecular weight excluding hydrogens is 316 g/mol.